The summed E-state index contributed by atoms with van der Waals surface area (Å²) in [6, 6.07) is 21.2. The normalized spacial score (nSPS) is 14.5. The maximum absolute atomic E-state index is 10.2. The number of hydrogen-bond acceptors (Lipinski definition) is 10. The highest BCUT2D eigenvalue weighted by Crippen LogP contribution is 2.41. The number of likely N-dealkylation sites (tertiary alicyclic amines) is 1. The molecule has 13 nitrogen and oxygen atoms in total. The summed E-state index contributed by atoms with van der Waals surface area (Å²) in [4.78, 5) is 42.6. The highest BCUT2D eigenvalue weighted by Gasteiger charge is 2.17. The molecule has 0 aliphatic carbocycles. The summed E-state index contributed by atoms with van der Waals surface area (Å²) in [7, 11) is 0. The molecule has 5 N–H and O–H groups in total. The first-order valence-electron chi connectivity index (χ1n) is 16.4. The fourth-order valence-electron chi connectivity index (χ4n) is 5.80. The first-order valence-corrected chi connectivity index (χ1v) is 17.2. The van der Waals surface area contributed by atoms with E-state index in [4.69, 9.17) is 49.1 Å². The Hall–Kier alpha value is -5.02. The van der Waals surface area contributed by atoms with Crippen molar-refractivity contribution in [1.29, 1.82) is 0 Å². The van der Waals surface area contributed by atoms with E-state index in [1.54, 1.807) is 17.4 Å². The summed E-state index contributed by atoms with van der Waals surface area (Å²) in [6.45, 7) is 11.0. The van der Waals surface area contributed by atoms with Gasteiger partial charge in [0.05, 0.1) is 13.2 Å². The van der Waals surface area contributed by atoms with Gasteiger partial charge in [-0.1, -0.05) is 18.2 Å². The predicted molar refractivity (Wildman–Crippen MR) is 191 cm³/mol. The van der Waals surface area contributed by atoms with E-state index in [0.717, 1.165) is 62.9 Å². The molecule has 4 aromatic rings. The van der Waals surface area contributed by atoms with Crippen molar-refractivity contribution in [3.8, 4) is 21.9 Å². The third-order valence-corrected chi connectivity index (χ3v) is 9.66. The van der Waals surface area contributed by atoms with Gasteiger partial charge in [0.2, 0.25) is 0 Å². The number of thiophene rings is 1. The minimum atomic E-state index is -1.82. The third-order valence-electron chi connectivity index (χ3n) is 8.42. The van der Waals surface area contributed by atoms with E-state index in [2.05, 4.69) is 65.3 Å². The summed E-state index contributed by atoms with van der Waals surface area (Å²) >= 11 is 1.76. The lowest BCUT2D eigenvalue weighted by Crippen LogP contribution is -2.35. The molecule has 51 heavy (non-hydrogen) atoms. The number of hydrogen-bond donors (Lipinski definition) is 5. The summed E-state index contributed by atoms with van der Waals surface area (Å²) in [5, 5.41) is 40.9. The fraction of sp³-hybridized carbons (Fsp3) is 0.351. The number of carbonyl (C=O) groups is 4. The summed E-state index contributed by atoms with van der Waals surface area (Å²) in [5.74, 6) is -6.06. The molecule has 3 aromatic carbocycles. The second kappa shape index (κ2) is 18.8. The molecule has 272 valence electrons. The molecule has 2 aliphatic heterocycles. The van der Waals surface area contributed by atoms with Crippen LogP contribution in [0.1, 0.15) is 35.1 Å². The van der Waals surface area contributed by atoms with E-state index in [1.807, 2.05) is 6.07 Å². The van der Waals surface area contributed by atoms with Gasteiger partial charge in [-0.3, -0.25) is 9.80 Å². The van der Waals surface area contributed by atoms with Gasteiger partial charge < -0.3 is 35.0 Å². The van der Waals surface area contributed by atoms with Crippen molar-refractivity contribution in [2.75, 3.05) is 52.5 Å². The highest BCUT2D eigenvalue weighted by atomic mass is 32.1. The van der Waals surface area contributed by atoms with Gasteiger partial charge in [0.1, 0.15) is 18.1 Å². The van der Waals surface area contributed by atoms with Crippen LogP contribution in [0.2, 0.25) is 0 Å². The Bertz CT molecular complexity index is 1760. The summed E-state index contributed by atoms with van der Waals surface area (Å²) < 4.78 is 12.7. The minimum absolute atomic E-state index is 0.312. The van der Waals surface area contributed by atoms with E-state index < -0.39 is 23.9 Å². The van der Waals surface area contributed by atoms with Crippen molar-refractivity contribution in [3.63, 3.8) is 0 Å². The van der Waals surface area contributed by atoms with Crippen LogP contribution in [0.25, 0.3) is 20.5 Å². The Kier molecular flexibility index (Phi) is 14.3. The quantitative estimate of drug-likeness (QED) is 0.148. The zero-order valence-corrected chi connectivity index (χ0v) is 29.1. The van der Waals surface area contributed by atoms with E-state index in [9.17, 15) is 5.11 Å². The molecule has 2 aliphatic rings. The highest BCUT2D eigenvalue weighted by molar-refractivity contribution is 7.22. The topological polar surface area (TPSA) is 194 Å². The number of fused-ring (bicyclic) bond motifs is 1. The molecule has 6 rings (SSSR count). The second-order valence-corrected chi connectivity index (χ2v) is 13.1. The number of morpholine rings is 1. The minimum Gasteiger partial charge on any atom is -0.508 e. The first kappa shape index (κ1) is 38.8. The van der Waals surface area contributed by atoms with Crippen LogP contribution < -0.4 is 4.74 Å². The zero-order valence-electron chi connectivity index (χ0n) is 28.2. The van der Waals surface area contributed by atoms with Crippen molar-refractivity contribution >= 4 is 45.3 Å². The molecule has 3 heterocycles. The van der Waals surface area contributed by atoms with Crippen LogP contribution >= 0.6 is 11.3 Å². The average molecular weight is 723 g/mol. The predicted octanol–water partition coefficient (Wildman–Crippen LogP) is 4.79. The lowest BCUT2D eigenvalue weighted by atomic mass is 9.96. The molecule has 0 atom stereocenters. The van der Waals surface area contributed by atoms with Gasteiger partial charge in [0.15, 0.2) is 0 Å². The maximum Gasteiger partial charge on any atom is 0.414 e. The molecule has 2 saturated heterocycles. The number of phenolic OH excluding ortho intramolecular Hbond substituents is 1. The van der Waals surface area contributed by atoms with Crippen LogP contribution in [0.15, 0.2) is 60.7 Å². The molecule has 0 unspecified atom stereocenters. The molecular formula is C37H42N2O11S. The average Bonchev–Trinajstić information content (AvgIpc) is 3.75. The molecule has 14 heteroatoms. The van der Waals surface area contributed by atoms with E-state index >= 15 is 0 Å². The second-order valence-electron chi connectivity index (χ2n) is 12.1. The van der Waals surface area contributed by atoms with Gasteiger partial charge in [-0.25, -0.2) is 19.2 Å². The third kappa shape index (κ3) is 11.8. The monoisotopic (exact) mass is 722 g/mol. The molecule has 0 amide bonds. The van der Waals surface area contributed by atoms with Crippen molar-refractivity contribution < 1.29 is 54.2 Å². The summed E-state index contributed by atoms with van der Waals surface area (Å²) in [5.41, 5.74) is 6.56. The lowest BCUT2D eigenvalue weighted by molar-refractivity contribution is -0.159. The van der Waals surface area contributed by atoms with Crippen molar-refractivity contribution in [1.82, 2.24) is 9.80 Å². The number of rotatable bonds is 9. The Labute approximate surface area is 298 Å². The standard InChI is InChI=1S/C33H38N2O3S.2C2H2O4/c1-24-20-25(4-5-27(24)23-35-14-17-37-18-15-35)21-31-30-11-8-28(36)22-32(30)39-33(31)26-6-9-29(10-7-26)38-19-16-34-12-2-3-13-34;2*3-1(4)2(5)6/h4-11,20,22,36H,2-3,12-19,21,23H2,1H3;2*(H,3,4)(H,5,6). The van der Waals surface area contributed by atoms with Gasteiger partial charge >= 0.3 is 23.9 Å². The largest absolute Gasteiger partial charge is 0.508 e. The molecule has 0 bridgehead atoms. The number of aryl methyl sites for hydroxylation is 1. The van der Waals surface area contributed by atoms with Gasteiger partial charge in [-0.2, -0.15) is 0 Å². The van der Waals surface area contributed by atoms with Crippen LogP contribution in [0.5, 0.6) is 11.5 Å². The SMILES string of the molecule is Cc1cc(Cc2c(-c3ccc(OCCN4CCCC4)cc3)sc3cc(O)ccc23)ccc1CN1CCOCC1.O=C(O)C(=O)O.O=C(O)C(=O)O. The zero-order chi connectivity index (χ0) is 36.9. The number of ether oxygens (including phenoxy) is 2. The summed E-state index contributed by atoms with van der Waals surface area (Å²) in [6.07, 6.45) is 3.47. The number of carboxylic acids is 4. The van der Waals surface area contributed by atoms with Crippen LogP contribution in [-0.2, 0) is 36.9 Å². The molecule has 2 fully saturated rings. The van der Waals surface area contributed by atoms with E-state index in [-0.39, 0.29) is 0 Å². The smallest absolute Gasteiger partial charge is 0.414 e. The van der Waals surface area contributed by atoms with Gasteiger partial charge in [0.25, 0.3) is 0 Å². The van der Waals surface area contributed by atoms with Crippen molar-refractivity contribution in [2.24, 2.45) is 0 Å². The van der Waals surface area contributed by atoms with Crippen LogP contribution in [0.4, 0.5) is 0 Å². The number of benzene rings is 3. The number of carboxylic acid groups (broad SMARTS) is 4. The number of nitrogens with zero attached hydrogens (tertiary/aromatic N) is 2. The van der Waals surface area contributed by atoms with Gasteiger partial charge in [0, 0.05) is 35.8 Å². The Morgan fingerprint density at radius 1 is 0.784 bits per heavy atom. The molecule has 0 saturated carbocycles. The van der Waals surface area contributed by atoms with E-state index in [0.29, 0.717) is 5.75 Å². The van der Waals surface area contributed by atoms with Crippen LogP contribution in [0, 0.1) is 6.92 Å². The van der Waals surface area contributed by atoms with Crippen molar-refractivity contribution in [3.05, 3.63) is 82.9 Å². The lowest BCUT2D eigenvalue weighted by Gasteiger charge is -2.27. The van der Waals surface area contributed by atoms with Gasteiger partial charge in [-0.05, 0) is 115 Å². The van der Waals surface area contributed by atoms with Crippen molar-refractivity contribution in [2.45, 2.75) is 32.7 Å². The maximum atomic E-state index is 10.2. The molecule has 1 aromatic heterocycles. The fourth-order valence-corrected chi connectivity index (χ4v) is 7.06. The van der Waals surface area contributed by atoms with Gasteiger partial charge in [-0.15, -0.1) is 11.3 Å². The number of aromatic hydroxyl groups is 1. The Morgan fingerprint density at radius 3 is 2.00 bits per heavy atom. The van der Waals surface area contributed by atoms with Crippen LogP contribution in [-0.4, -0.2) is 112 Å². The van der Waals surface area contributed by atoms with E-state index in [1.165, 1.54) is 64.0 Å². The Morgan fingerprint density at radius 2 is 1.41 bits per heavy atom. The number of aliphatic carboxylic acids is 4. The Balaban J connectivity index is 0.000000420. The molecule has 0 spiro atoms. The first-order chi connectivity index (χ1) is 24.4. The number of phenols is 1. The molecule has 0 radical (unpaired) electrons. The molecular weight excluding hydrogens is 680 g/mol. The van der Waals surface area contributed by atoms with Crippen LogP contribution in [0.3, 0.4) is 0 Å².